The molecule has 0 fully saturated rings. The van der Waals surface area contributed by atoms with Crippen LogP contribution in [-0.2, 0) is 4.79 Å². The van der Waals surface area contributed by atoms with E-state index in [1.807, 2.05) is 44.2 Å². The molecule has 1 aromatic carbocycles. The first-order chi connectivity index (χ1) is 9.49. The standard InChI is InChI=1S/C18H25NO/c1-14(2)9-8-10-15(3)13-18(20)19-16(4)17-11-6-5-7-12-17/h5-7,9,11-13,16H,8,10H2,1-4H3,(H,19,20). The minimum Gasteiger partial charge on any atom is -0.346 e. The number of amides is 1. The van der Waals surface area contributed by atoms with Crippen molar-refractivity contribution in [2.75, 3.05) is 0 Å². The molecule has 0 aliphatic heterocycles. The van der Waals surface area contributed by atoms with E-state index in [1.165, 1.54) is 5.57 Å². The van der Waals surface area contributed by atoms with Crippen LogP contribution in [0.25, 0.3) is 0 Å². The minimum atomic E-state index is -0.0175. The van der Waals surface area contributed by atoms with Crippen molar-refractivity contribution in [2.45, 2.75) is 46.6 Å². The number of allylic oxidation sites excluding steroid dienone is 3. The molecule has 0 aliphatic rings. The Bertz CT molecular complexity index is 481. The van der Waals surface area contributed by atoms with Gasteiger partial charge < -0.3 is 5.32 Å². The van der Waals surface area contributed by atoms with E-state index >= 15 is 0 Å². The van der Waals surface area contributed by atoms with Gasteiger partial charge in [0.25, 0.3) is 0 Å². The van der Waals surface area contributed by atoms with Crippen LogP contribution in [0.5, 0.6) is 0 Å². The average molecular weight is 271 g/mol. The van der Waals surface area contributed by atoms with Gasteiger partial charge in [-0.3, -0.25) is 4.79 Å². The molecule has 0 aliphatic carbocycles. The Morgan fingerprint density at radius 3 is 2.45 bits per heavy atom. The van der Waals surface area contributed by atoms with Crippen LogP contribution in [0, 0.1) is 0 Å². The molecule has 2 nitrogen and oxygen atoms in total. The third kappa shape index (κ3) is 6.37. The molecule has 0 radical (unpaired) electrons. The number of benzene rings is 1. The Labute approximate surface area is 122 Å². The summed E-state index contributed by atoms with van der Waals surface area (Å²) in [5, 5.41) is 3.00. The molecule has 0 heterocycles. The van der Waals surface area contributed by atoms with Gasteiger partial charge in [0.2, 0.25) is 5.91 Å². The van der Waals surface area contributed by atoms with Crippen LogP contribution >= 0.6 is 0 Å². The van der Waals surface area contributed by atoms with Crippen LogP contribution in [0.4, 0.5) is 0 Å². The SMILES string of the molecule is CC(C)=CCCC(C)=CC(=O)NC(C)c1ccccc1. The van der Waals surface area contributed by atoms with Crippen LogP contribution in [0.1, 0.15) is 52.1 Å². The Morgan fingerprint density at radius 1 is 1.20 bits per heavy atom. The van der Waals surface area contributed by atoms with Crippen molar-refractivity contribution < 1.29 is 4.79 Å². The van der Waals surface area contributed by atoms with Crippen molar-refractivity contribution in [1.82, 2.24) is 5.32 Å². The Hall–Kier alpha value is -1.83. The molecule has 2 heteroatoms. The van der Waals surface area contributed by atoms with E-state index in [2.05, 4.69) is 25.2 Å². The number of carbonyl (C=O) groups is 1. The molecular weight excluding hydrogens is 246 g/mol. The van der Waals surface area contributed by atoms with Gasteiger partial charge >= 0.3 is 0 Å². The second-order valence-electron chi connectivity index (χ2n) is 5.45. The summed E-state index contributed by atoms with van der Waals surface area (Å²) in [5.41, 5.74) is 3.55. The molecule has 0 saturated heterocycles. The summed E-state index contributed by atoms with van der Waals surface area (Å²) >= 11 is 0. The third-order valence-corrected chi connectivity index (χ3v) is 3.13. The van der Waals surface area contributed by atoms with E-state index in [9.17, 15) is 4.79 Å². The van der Waals surface area contributed by atoms with Crippen LogP contribution in [-0.4, -0.2) is 5.91 Å². The minimum absolute atomic E-state index is 0.0175. The van der Waals surface area contributed by atoms with Gasteiger partial charge in [-0.05, 0) is 46.1 Å². The van der Waals surface area contributed by atoms with Crippen molar-refractivity contribution in [1.29, 1.82) is 0 Å². The van der Waals surface area contributed by atoms with Crippen molar-refractivity contribution in [2.24, 2.45) is 0 Å². The smallest absolute Gasteiger partial charge is 0.244 e. The zero-order valence-corrected chi connectivity index (χ0v) is 12.9. The van der Waals surface area contributed by atoms with Crippen LogP contribution in [0.2, 0.25) is 0 Å². The molecule has 0 saturated carbocycles. The lowest BCUT2D eigenvalue weighted by molar-refractivity contribution is -0.117. The molecule has 1 aromatic rings. The van der Waals surface area contributed by atoms with Crippen molar-refractivity contribution >= 4 is 5.91 Å². The molecule has 1 rings (SSSR count). The number of carbonyl (C=O) groups excluding carboxylic acids is 1. The average Bonchev–Trinajstić information content (AvgIpc) is 2.38. The lowest BCUT2D eigenvalue weighted by Crippen LogP contribution is -2.24. The fraction of sp³-hybridized carbons (Fsp3) is 0.389. The van der Waals surface area contributed by atoms with Crippen molar-refractivity contribution in [3.05, 3.63) is 59.2 Å². The van der Waals surface area contributed by atoms with E-state index in [0.717, 1.165) is 24.0 Å². The number of hydrogen-bond acceptors (Lipinski definition) is 1. The first-order valence-corrected chi connectivity index (χ1v) is 7.15. The topological polar surface area (TPSA) is 29.1 Å². The van der Waals surface area contributed by atoms with Gasteiger partial charge in [0, 0.05) is 6.08 Å². The lowest BCUT2D eigenvalue weighted by atomic mass is 10.1. The normalized spacial score (nSPS) is 12.7. The van der Waals surface area contributed by atoms with Gasteiger partial charge in [0.05, 0.1) is 6.04 Å². The summed E-state index contributed by atoms with van der Waals surface area (Å²) in [6, 6.07) is 10.0. The highest BCUT2D eigenvalue weighted by molar-refractivity contribution is 5.88. The van der Waals surface area contributed by atoms with Gasteiger partial charge in [-0.25, -0.2) is 0 Å². The maximum absolute atomic E-state index is 11.9. The highest BCUT2D eigenvalue weighted by Gasteiger charge is 2.07. The van der Waals surface area contributed by atoms with Crippen molar-refractivity contribution in [3.63, 3.8) is 0 Å². The Morgan fingerprint density at radius 2 is 1.85 bits per heavy atom. The zero-order chi connectivity index (χ0) is 15.0. The molecule has 108 valence electrons. The summed E-state index contributed by atoms with van der Waals surface area (Å²) in [6.45, 7) is 8.19. The number of hydrogen-bond donors (Lipinski definition) is 1. The molecule has 0 aromatic heterocycles. The van der Waals surface area contributed by atoms with Crippen LogP contribution in [0.3, 0.4) is 0 Å². The van der Waals surface area contributed by atoms with Gasteiger partial charge in [-0.15, -0.1) is 0 Å². The van der Waals surface area contributed by atoms with Gasteiger partial charge in [-0.1, -0.05) is 47.6 Å². The maximum atomic E-state index is 11.9. The Balaban J connectivity index is 2.48. The predicted molar refractivity (Wildman–Crippen MR) is 85.4 cm³/mol. The fourth-order valence-corrected chi connectivity index (χ4v) is 1.96. The largest absolute Gasteiger partial charge is 0.346 e. The summed E-state index contributed by atoms with van der Waals surface area (Å²) in [5.74, 6) is -0.0175. The van der Waals surface area contributed by atoms with Gasteiger partial charge in [-0.2, -0.15) is 0 Å². The monoisotopic (exact) mass is 271 g/mol. The lowest BCUT2D eigenvalue weighted by Gasteiger charge is -2.13. The fourth-order valence-electron chi connectivity index (χ4n) is 1.96. The van der Waals surface area contributed by atoms with Gasteiger partial charge in [0.1, 0.15) is 0 Å². The summed E-state index contributed by atoms with van der Waals surface area (Å²) in [6.07, 6.45) is 5.82. The molecule has 1 amide bonds. The van der Waals surface area contributed by atoms with E-state index in [1.54, 1.807) is 6.08 Å². The van der Waals surface area contributed by atoms with E-state index < -0.39 is 0 Å². The molecule has 1 N–H and O–H groups in total. The highest BCUT2D eigenvalue weighted by Crippen LogP contribution is 2.12. The summed E-state index contributed by atoms with van der Waals surface area (Å²) in [7, 11) is 0. The highest BCUT2D eigenvalue weighted by atomic mass is 16.1. The van der Waals surface area contributed by atoms with E-state index in [0.29, 0.717) is 0 Å². The molecule has 20 heavy (non-hydrogen) atoms. The van der Waals surface area contributed by atoms with Crippen LogP contribution < -0.4 is 5.32 Å². The first kappa shape index (κ1) is 16.2. The Kier molecular flexibility index (Phi) is 6.78. The molecule has 0 spiro atoms. The van der Waals surface area contributed by atoms with E-state index in [-0.39, 0.29) is 11.9 Å². The number of nitrogens with one attached hydrogen (secondary N) is 1. The maximum Gasteiger partial charge on any atom is 0.244 e. The summed E-state index contributed by atoms with van der Waals surface area (Å²) in [4.78, 5) is 11.9. The molecule has 0 bridgehead atoms. The predicted octanol–water partition coefficient (Wildman–Crippen LogP) is 4.56. The molecular formula is C18H25NO. The van der Waals surface area contributed by atoms with E-state index in [4.69, 9.17) is 0 Å². The second kappa shape index (κ2) is 8.36. The number of rotatable bonds is 6. The third-order valence-electron chi connectivity index (χ3n) is 3.13. The quantitative estimate of drug-likeness (QED) is 0.596. The van der Waals surface area contributed by atoms with Gasteiger partial charge in [0.15, 0.2) is 0 Å². The van der Waals surface area contributed by atoms with Crippen LogP contribution in [0.15, 0.2) is 53.6 Å². The summed E-state index contributed by atoms with van der Waals surface area (Å²) < 4.78 is 0. The first-order valence-electron chi connectivity index (χ1n) is 7.15. The zero-order valence-electron chi connectivity index (χ0n) is 12.9. The second-order valence-corrected chi connectivity index (χ2v) is 5.45. The molecule has 1 unspecified atom stereocenters. The molecule has 1 atom stereocenters. The van der Waals surface area contributed by atoms with Crippen molar-refractivity contribution in [3.8, 4) is 0 Å².